The predicted molar refractivity (Wildman–Crippen MR) is 124 cm³/mol. The molecule has 0 aliphatic carbocycles. The molecule has 0 atom stereocenters. The van der Waals surface area contributed by atoms with E-state index in [9.17, 15) is 14.4 Å². The van der Waals surface area contributed by atoms with Gasteiger partial charge in [-0.05, 0) is 30.5 Å². The summed E-state index contributed by atoms with van der Waals surface area (Å²) < 4.78 is 6.75. The number of nitrogens with zero attached hydrogens (tertiary/aromatic N) is 2. The number of amides is 2. The van der Waals surface area contributed by atoms with Crippen molar-refractivity contribution in [2.45, 2.75) is 26.8 Å². The molecule has 0 unspecified atom stereocenters. The van der Waals surface area contributed by atoms with Gasteiger partial charge in [-0.25, -0.2) is 0 Å². The lowest BCUT2D eigenvalue weighted by Crippen LogP contribution is -2.41. The molecule has 32 heavy (non-hydrogen) atoms. The molecule has 4 rings (SSSR count). The molecule has 7 heteroatoms. The smallest absolute Gasteiger partial charge is 0.254 e. The zero-order valence-corrected chi connectivity index (χ0v) is 18.4. The van der Waals surface area contributed by atoms with Crippen molar-refractivity contribution < 1.29 is 14.3 Å². The number of aromatic nitrogens is 1. The lowest BCUT2D eigenvalue weighted by molar-refractivity contribution is -0.116. The molecule has 1 aliphatic heterocycles. The van der Waals surface area contributed by atoms with Crippen molar-refractivity contribution in [1.82, 2.24) is 9.47 Å². The molecule has 2 aromatic carbocycles. The number of pyridine rings is 1. The number of anilines is 1. The van der Waals surface area contributed by atoms with Crippen LogP contribution in [0.4, 0.5) is 5.69 Å². The fourth-order valence-electron chi connectivity index (χ4n) is 4.14. The van der Waals surface area contributed by atoms with Crippen LogP contribution in [0.25, 0.3) is 10.9 Å². The number of benzene rings is 2. The van der Waals surface area contributed by atoms with E-state index in [2.05, 4.69) is 5.32 Å². The van der Waals surface area contributed by atoms with Gasteiger partial charge in [0.1, 0.15) is 6.54 Å². The van der Waals surface area contributed by atoms with Gasteiger partial charge in [-0.3, -0.25) is 19.0 Å². The van der Waals surface area contributed by atoms with Crippen LogP contribution in [0.1, 0.15) is 28.4 Å². The molecule has 0 saturated carbocycles. The minimum absolute atomic E-state index is 0.136. The van der Waals surface area contributed by atoms with Gasteiger partial charge >= 0.3 is 0 Å². The zero-order valence-electron chi connectivity index (χ0n) is 18.4. The second-order valence-electron chi connectivity index (χ2n) is 7.91. The summed E-state index contributed by atoms with van der Waals surface area (Å²) >= 11 is 0. The quantitative estimate of drug-likeness (QED) is 0.671. The molecule has 166 valence electrons. The van der Waals surface area contributed by atoms with Gasteiger partial charge in [0.05, 0.1) is 24.3 Å². The Kier molecular flexibility index (Phi) is 6.37. The van der Waals surface area contributed by atoms with Gasteiger partial charge in [0.15, 0.2) is 0 Å². The van der Waals surface area contributed by atoms with Gasteiger partial charge in [-0.1, -0.05) is 43.3 Å². The Balaban J connectivity index is 1.67. The first-order valence-electron chi connectivity index (χ1n) is 10.9. The first-order chi connectivity index (χ1) is 15.5. The van der Waals surface area contributed by atoms with Crippen LogP contribution in [0.15, 0.2) is 53.3 Å². The number of ether oxygens (including phenoxy) is 1. The SMILES string of the molecule is CCc1cccc(C)c1NC(=O)Cn1c(=O)cc(C(=O)N2CCOCC2)c2ccccc21. The van der Waals surface area contributed by atoms with E-state index in [0.29, 0.717) is 42.8 Å². The molecule has 2 amide bonds. The van der Waals surface area contributed by atoms with E-state index in [4.69, 9.17) is 4.74 Å². The van der Waals surface area contributed by atoms with Crippen LogP contribution in [-0.2, 0) is 22.5 Å². The summed E-state index contributed by atoms with van der Waals surface area (Å²) in [6, 6.07) is 14.5. The molecule has 1 N–H and O–H groups in total. The summed E-state index contributed by atoms with van der Waals surface area (Å²) in [7, 11) is 0. The van der Waals surface area contributed by atoms with E-state index >= 15 is 0 Å². The van der Waals surface area contributed by atoms with Crippen molar-refractivity contribution in [3.05, 3.63) is 75.6 Å². The van der Waals surface area contributed by atoms with Crippen LogP contribution < -0.4 is 10.9 Å². The molecule has 1 aromatic heterocycles. The van der Waals surface area contributed by atoms with Gasteiger partial charge in [-0.2, -0.15) is 0 Å². The van der Waals surface area contributed by atoms with Crippen LogP contribution in [-0.4, -0.2) is 47.6 Å². The molecular formula is C25H27N3O4. The summed E-state index contributed by atoms with van der Waals surface area (Å²) in [5, 5.41) is 3.63. The van der Waals surface area contributed by atoms with E-state index in [0.717, 1.165) is 23.2 Å². The number of morpholine rings is 1. The number of para-hydroxylation sites is 2. The van der Waals surface area contributed by atoms with E-state index in [1.807, 2.05) is 44.2 Å². The average molecular weight is 434 g/mol. The Bertz CT molecular complexity index is 1230. The molecular weight excluding hydrogens is 406 g/mol. The lowest BCUT2D eigenvalue weighted by Gasteiger charge is -2.27. The van der Waals surface area contributed by atoms with Crippen molar-refractivity contribution in [3.8, 4) is 0 Å². The number of hydrogen-bond donors (Lipinski definition) is 1. The third-order valence-corrected chi connectivity index (χ3v) is 5.85. The minimum atomic E-state index is -0.379. The number of hydrogen-bond acceptors (Lipinski definition) is 4. The lowest BCUT2D eigenvalue weighted by atomic mass is 10.1. The third-order valence-electron chi connectivity index (χ3n) is 5.85. The monoisotopic (exact) mass is 433 g/mol. The molecule has 1 aliphatic rings. The first-order valence-corrected chi connectivity index (χ1v) is 10.9. The number of carbonyl (C=O) groups excluding carboxylic acids is 2. The van der Waals surface area contributed by atoms with E-state index < -0.39 is 0 Å². The Morgan fingerprint density at radius 3 is 2.56 bits per heavy atom. The van der Waals surface area contributed by atoms with E-state index in [-0.39, 0.29) is 23.9 Å². The van der Waals surface area contributed by atoms with Crippen molar-refractivity contribution in [2.24, 2.45) is 0 Å². The van der Waals surface area contributed by atoms with Crippen molar-refractivity contribution >= 4 is 28.4 Å². The van der Waals surface area contributed by atoms with Crippen LogP contribution in [0.5, 0.6) is 0 Å². The summed E-state index contributed by atoms with van der Waals surface area (Å²) in [5.74, 6) is -0.473. The molecule has 0 spiro atoms. The Morgan fingerprint density at radius 1 is 1.06 bits per heavy atom. The molecule has 3 aromatic rings. The molecule has 7 nitrogen and oxygen atoms in total. The highest BCUT2D eigenvalue weighted by Gasteiger charge is 2.22. The van der Waals surface area contributed by atoms with E-state index in [1.165, 1.54) is 10.6 Å². The maximum absolute atomic E-state index is 13.1. The van der Waals surface area contributed by atoms with Crippen LogP contribution >= 0.6 is 0 Å². The molecule has 0 bridgehead atoms. The fraction of sp³-hybridized carbons (Fsp3) is 0.320. The fourth-order valence-corrected chi connectivity index (χ4v) is 4.14. The third kappa shape index (κ3) is 4.29. The molecule has 0 radical (unpaired) electrons. The van der Waals surface area contributed by atoms with Crippen LogP contribution in [0.3, 0.4) is 0 Å². The predicted octanol–water partition coefficient (Wildman–Crippen LogP) is 2.98. The Labute approximate surface area is 186 Å². The van der Waals surface area contributed by atoms with Gasteiger partial charge in [-0.15, -0.1) is 0 Å². The molecule has 1 saturated heterocycles. The number of nitrogens with one attached hydrogen (secondary N) is 1. The largest absolute Gasteiger partial charge is 0.378 e. The topological polar surface area (TPSA) is 80.6 Å². The summed E-state index contributed by atoms with van der Waals surface area (Å²) in [6.45, 7) is 5.81. The number of fused-ring (bicyclic) bond motifs is 1. The maximum atomic E-state index is 13.1. The second kappa shape index (κ2) is 9.36. The highest BCUT2D eigenvalue weighted by Crippen LogP contribution is 2.22. The normalized spacial score (nSPS) is 13.9. The van der Waals surface area contributed by atoms with Crippen LogP contribution in [0.2, 0.25) is 0 Å². The maximum Gasteiger partial charge on any atom is 0.254 e. The van der Waals surface area contributed by atoms with Crippen molar-refractivity contribution in [3.63, 3.8) is 0 Å². The highest BCUT2D eigenvalue weighted by atomic mass is 16.5. The van der Waals surface area contributed by atoms with E-state index in [1.54, 1.807) is 17.0 Å². The molecule has 1 fully saturated rings. The van der Waals surface area contributed by atoms with Gasteiger partial charge in [0.25, 0.3) is 11.5 Å². The number of rotatable bonds is 5. The van der Waals surface area contributed by atoms with Crippen molar-refractivity contribution in [2.75, 3.05) is 31.6 Å². The van der Waals surface area contributed by atoms with Crippen molar-refractivity contribution in [1.29, 1.82) is 0 Å². The Morgan fingerprint density at radius 2 is 1.81 bits per heavy atom. The highest BCUT2D eigenvalue weighted by molar-refractivity contribution is 6.06. The summed E-state index contributed by atoms with van der Waals surface area (Å²) in [6.07, 6.45) is 0.790. The van der Waals surface area contributed by atoms with Gasteiger partial charge in [0, 0.05) is 30.2 Å². The number of aryl methyl sites for hydroxylation is 2. The first kappa shape index (κ1) is 21.8. The Hall–Kier alpha value is -3.45. The molecule has 2 heterocycles. The zero-order chi connectivity index (χ0) is 22.7. The average Bonchev–Trinajstić information content (AvgIpc) is 2.82. The standard InChI is InChI=1S/C25H27N3O4/c1-3-18-8-6-7-17(2)24(18)26-22(29)16-28-21-10-5-4-9-19(21)20(15-23(28)30)25(31)27-11-13-32-14-12-27/h4-10,15H,3,11-14,16H2,1-2H3,(H,26,29). The number of carbonyl (C=O) groups is 2. The summed E-state index contributed by atoms with van der Waals surface area (Å²) in [4.78, 5) is 40.7. The minimum Gasteiger partial charge on any atom is -0.378 e. The summed E-state index contributed by atoms with van der Waals surface area (Å²) in [5.41, 5.74) is 3.35. The van der Waals surface area contributed by atoms with Gasteiger partial charge < -0.3 is 15.0 Å². The van der Waals surface area contributed by atoms with Crippen LogP contribution in [0, 0.1) is 6.92 Å². The van der Waals surface area contributed by atoms with Gasteiger partial charge in [0.2, 0.25) is 5.91 Å². The second-order valence-corrected chi connectivity index (χ2v) is 7.91.